The van der Waals surface area contributed by atoms with Crippen molar-refractivity contribution in [2.45, 2.75) is 20.3 Å². The zero-order chi connectivity index (χ0) is 9.30. The lowest BCUT2D eigenvalue weighted by atomic mass is 10.1. The Bertz CT molecular complexity index is 304. The van der Waals surface area contributed by atoms with Gasteiger partial charge in [-0.2, -0.15) is 0 Å². The molecule has 0 bridgehead atoms. The number of Topliss-reactive ketones (excluding diaryl/α,β-unsaturated/α-hetero) is 1. The third kappa shape index (κ3) is 1.52. The number of hydrogen-bond donors (Lipinski definition) is 1. The summed E-state index contributed by atoms with van der Waals surface area (Å²) in [6.45, 7) is 3.32. The fraction of sp³-hybridized carbons (Fsp3) is 0.375. The van der Waals surface area contributed by atoms with Crippen LogP contribution in [0, 0.1) is 13.8 Å². The van der Waals surface area contributed by atoms with Crippen molar-refractivity contribution >= 4 is 5.78 Å². The normalized spacial score (nSPS) is 10.8. The third-order valence-electron chi connectivity index (χ3n) is 1.61. The van der Waals surface area contributed by atoms with Gasteiger partial charge in [0.2, 0.25) is 5.78 Å². The summed E-state index contributed by atoms with van der Waals surface area (Å²) in [7, 11) is 0. The number of carbonyl (C=O) groups is 1. The average Bonchev–Trinajstić information content (AvgIpc) is 2.28. The minimum Gasteiger partial charge on any atom is -0.362 e. The van der Waals surface area contributed by atoms with E-state index in [-0.39, 0.29) is 5.56 Å². The Labute approximate surface area is 68.6 Å². The maximum Gasteiger partial charge on any atom is 0.300 e. The van der Waals surface area contributed by atoms with Gasteiger partial charge in [0.25, 0.3) is 0 Å². The smallest absolute Gasteiger partial charge is 0.300 e. The number of halogens is 2. The van der Waals surface area contributed by atoms with E-state index in [9.17, 15) is 13.6 Å². The molecular weight excluding hydrogens is 164 g/mol. The molecule has 66 valence electrons. The summed E-state index contributed by atoms with van der Waals surface area (Å²) in [4.78, 5) is 13.6. The zero-order valence-electron chi connectivity index (χ0n) is 6.82. The summed E-state index contributed by atoms with van der Waals surface area (Å²) in [5.41, 5.74) is 1.30. The Morgan fingerprint density at radius 2 is 2.08 bits per heavy atom. The van der Waals surface area contributed by atoms with Crippen LogP contribution in [0.5, 0.6) is 0 Å². The number of hydrogen-bond acceptors (Lipinski definition) is 1. The van der Waals surface area contributed by atoms with Crippen LogP contribution in [0.3, 0.4) is 0 Å². The summed E-state index contributed by atoms with van der Waals surface area (Å²) >= 11 is 0. The highest BCUT2D eigenvalue weighted by Gasteiger charge is 2.20. The van der Waals surface area contributed by atoms with Crippen molar-refractivity contribution in [3.63, 3.8) is 0 Å². The fourth-order valence-electron chi connectivity index (χ4n) is 1.10. The quantitative estimate of drug-likeness (QED) is 0.682. The summed E-state index contributed by atoms with van der Waals surface area (Å²) in [6, 6.07) is 1.43. The number of aromatic amines is 1. The highest BCUT2D eigenvalue weighted by atomic mass is 19.3. The summed E-state index contributed by atoms with van der Waals surface area (Å²) in [6.07, 6.45) is -2.92. The monoisotopic (exact) mass is 173 g/mol. The second kappa shape index (κ2) is 3.05. The molecule has 0 unspecified atom stereocenters. The molecule has 1 N–H and O–H groups in total. The number of aromatic nitrogens is 1. The maximum atomic E-state index is 11.9. The lowest BCUT2D eigenvalue weighted by Crippen LogP contribution is -2.10. The second-order valence-corrected chi connectivity index (χ2v) is 2.66. The molecule has 0 aliphatic carbocycles. The van der Waals surface area contributed by atoms with Crippen molar-refractivity contribution in [3.8, 4) is 0 Å². The van der Waals surface area contributed by atoms with Gasteiger partial charge in [-0.3, -0.25) is 4.79 Å². The topological polar surface area (TPSA) is 32.9 Å². The molecule has 0 aromatic carbocycles. The van der Waals surface area contributed by atoms with E-state index < -0.39 is 12.2 Å². The second-order valence-electron chi connectivity index (χ2n) is 2.66. The number of ketones is 1. The largest absolute Gasteiger partial charge is 0.362 e. The summed E-state index contributed by atoms with van der Waals surface area (Å²) < 4.78 is 23.9. The minimum absolute atomic E-state index is 0.0856. The minimum atomic E-state index is -2.92. The molecule has 0 radical (unpaired) electrons. The van der Waals surface area contributed by atoms with E-state index >= 15 is 0 Å². The maximum absolute atomic E-state index is 11.9. The van der Waals surface area contributed by atoms with Gasteiger partial charge in [-0.05, 0) is 19.9 Å². The number of nitrogens with one attached hydrogen (secondary N) is 1. The fourth-order valence-corrected chi connectivity index (χ4v) is 1.10. The van der Waals surface area contributed by atoms with Crippen LogP contribution < -0.4 is 0 Å². The van der Waals surface area contributed by atoms with Crippen LogP contribution in [-0.2, 0) is 0 Å². The SMILES string of the molecule is Cc1cc(C(=O)C(F)F)c(C)[nH]1. The molecule has 0 atom stereocenters. The molecule has 1 rings (SSSR count). The molecule has 0 amide bonds. The van der Waals surface area contributed by atoms with Crippen LogP contribution >= 0.6 is 0 Å². The van der Waals surface area contributed by atoms with Gasteiger partial charge in [0, 0.05) is 17.0 Å². The Balaban J connectivity index is 3.02. The Kier molecular flexibility index (Phi) is 2.26. The van der Waals surface area contributed by atoms with Crippen molar-refractivity contribution in [2.24, 2.45) is 0 Å². The van der Waals surface area contributed by atoms with Gasteiger partial charge in [-0.1, -0.05) is 0 Å². The van der Waals surface area contributed by atoms with Gasteiger partial charge in [0.05, 0.1) is 0 Å². The van der Waals surface area contributed by atoms with Crippen molar-refractivity contribution in [1.29, 1.82) is 0 Å². The lowest BCUT2D eigenvalue weighted by molar-refractivity contribution is 0.0678. The first-order chi connectivity index (χ1) is 5.52. The van der Waals surface area contributed by atoms with E-state index in [0.717, 1.165) is 5.69 Å². The molecule has 12 heavy (non-hydrogen) atoms. The van der Waals surface area contributed by atoms with E-state index in [1.807, 2.05) is 0 Å². The highest BCUT2D eigenvalue weighted by molar-refractivity contribution is 5.99. The van der Waals surface area contributed by atoms with E-state index in [1.165, 1.54) is 6.07 Å². The molecule has 0 saturated heterocycles. The van der Waals surface area contributed by atoms with E-state index in [2.05, 4.69) is 4.98 Å². The number of alkyl halides is 2. The first kappa shape index (κ1) is 8.90. The van der Waals surface area contributed by atoms with Crippen molar-refractivity contribution in [3.05, 3.63) is 23.0 Å². The van der Waals surface area contributed by atoms with Crippen molar-refractivity contribution in [2.75, 3.05) is 0 Å². The third-order valence-corrected chi connectivity index (χ3v) is 1.61. The molecule has 0 saturated carbocycles. The zero-order valence-corrected chi connectivity index (χ0v) is 6.82. The average molecular weight is 173 g/mol. The van der Waals surface area contributed by atoms with E-state index in [1.54, 1.807) is 13.8 Å². The van der Waals surface area contributed by atoms with Gasteiger partial charge in [0.1, 0.15) is 0 Å². The molecular formula is C8H9F2NO. The lowest BCUT2D eigenvalue weighted by Gasteiger charge is -1.95. The summed E-state index contributed by atoms with van der Waals surface area (Å²) in [5.74, 6) is -1.11. The predicted octanol–water partition coefficient (Wildman–Crippen LogP) is 2.08. The number of aryl methyl sites for hydroxylation is 2. The molecule has 4 heteroatoms. The standard InChI is InChI=1S/C8H9F2NO/c1-4-3-6(5(2)11-4)7(12)8(9)10/h3,8,11H,1-2H3. The molecule has 0 aliphatic rings. The van der Waals surface area contributed by atoms with Crippen LogP contribution in [0.2, 0.25) is 0 Å². The van der Waals surface area contributed by atoms with Gasteiger partial charge in [-0.15, -0.1) is 0 Å². The Morgan fingerprint density at radius 1 is 1.50 bits per heavy atom. The molecule has 0 aliphatic heterocycles. The van der Waals surface area contributed by atoms with Crippen molar-refractivity contribution < 1.29 is 13.6 Å². The highest BCUT2D eigenvalue weighted by Crippen LogP contribution is 2.13. The first-order valence-electron chi connectivity index (χ1n) is 3.51. The van der Waals surface area contributed by atoms with Gasteiger partial charge < -0.3 is 4.98 Å². The number of rotatable bonds is 2. The Morgan fingerprint density at radius 3 is 2.42 bits per heavy atom. The van der Waals surface area contributed by atoms with Crippen LogP contribution in [-0.4, -0.2) is 17.2 Å². The van der Waals surface area contributed by atoms with Crippen molar-refractivity contribution in [1.82, 2.24) is 4.98 Å². The summed E-state index contributed by atoms with van der Waals surface area (Å²) in [5, 5.41) is 0. The van der Waals surface area contributed by atoms with Crippen LogP contribution in [0.15, 0.2) is 6.07 Å². The molecule has 0 spiro atoms. The molecule has 1 aromatic heterocycles. The number of H-pyrrole nitrogens is 1. The molecule has 1 aromatic rings. The van der Waals surface area contributed by atoms with Crippen LogP contribution in [0.4, 0.5) is 8.78 Å². The Hall–Kier alpha value is -1.19. The molecule has 2 nitrogen and oxygen atoms in total. The first-order valence-corrected chi connectivity index (χ1v) is 3.51. The molecule has 1 heterocycles. The predicted molar refractivity (Wildman–Crippen MR) is 40.6 cm³/mol. The molecule has 0 fully saturated rings. The van der Waals surface area contributed by atoms with Crippen LogP contribution in [0.25, 0.3) is 0 Å². The van der Waals surface area contributed by atoms with Crippen LogP contribution in [0.1, 0.15) is 21.7 Å². The number of carbonyl (C=O) groups excluding carboxylic acids is 1. The van der Waals surface area contributed by atoms with Gasteiger partial charge in [0.15, 0.2) is 0 Å². The van der Waals surface area contributed by atoms with Gasteiger partial charge in [-0.25, -0.2) is 8.78 Å². The van der Waals surface area contributed by atoms with E-state index in [0.29, 0.717) is 5.69 Å². The van der Waals surface area contributed by atoms with Gasteiger partial charge >= 0.3 is 6.43 Å². The van der Waals surface area contributed by atoms with E-state index in [4.69, 9.17) is 0 Å².